The van der Waals surface area contributed by atoms with Crippen molar-refractivity contribution in [1.29, 1.82) is 0 Å². The number of alkyl halides is 3. The fourth-order valence-corrected chi connectivity index (χ4v) is 2.09. The van der Waals surface area contributed by atoms with Gasteiger partial charge in [-0.15, -0.1) is 0 Å². The maximum absolute atomic E-state index is 12.6. The third-order valence-electron chi connectivity index (χ3n) is 3.36. The van der Waals surface area contributed by atoms with E-state index in [-0.39, 0.29) is 31.5 Å². The highest BCUT2D eigenvalue weighted by Gasteiger charge is 2.41. The molecule has 1 fully saturated rings. The number of carbonyl (C=O) groups excluding carboxylic acids is 1. The van der Waals surface area contributed by atoms with E-state index in [1.165, 1.54) is 0 Å². The molecule has 1 saturated heterocycles. The van der Waals surface area contributed by atoms with Crippen LogP contribution in [0, 0.1) is 5.92 Å². The minimum Gasteiger partial charge on any atom is -0.353 e. The summed E-state index contributed by atoms with van der Waals surface area (Å²) in [6, 6.07) is 0.0701. The number of halogens is 3. The molecule has 0 bridgehead atoms. The molecule has 1 N–H and O–H groups in total. The minimum absolute atomic E-state index is 0.0581. The van der Waals surface area contributed by atoms with Gasteiger partial charge >= 0.3 is 6.18 Å². The number of nitrogens with zero attached hydrogens (tertiary/aromatic N) is 1. The van der Waals surface area contributed by atoms with E-state index in [1.54, 1.807) is 4.90 Å². The summed E-state index contributed by atoms with van der Waals surface area (Å²) in [6.07, 6.45) is -2.66. The molecule has 18 heavy (non-hydrogen) atoms. The lowest BCUT2D eigenvalue weighted by Crippen LogP contribution is -2.47. The molecule has 3 nitrogen and oxygen atoms in total. The molecule has 106 valence electrons. The van der Waals surface area contributed by atoms with Crippen LogP contribution in [-0.4, -0.2) is 42.7 Å². The summed E-state index contributed by atoms with van der Waals surface area (Å²) >= 11 is 0. The van der Waals surface area contributed by atoms with Crippen LogP contribution in [0.25, 0.3) is 0 Å². The second-order valence-corrected chi connectivity index (χ2v) is 4.99. The zero-order chi connectivity index (χ0) is 13.8. The first-order valence-corrected chi connectivity index (χ1v) is 6.41. The molecule has 1 amide bonds. The molecule has 1 aliphatic heterocycles. The van der Waals surface area contributed by atoms with Gasteiger partial charge in [-0.2, -0.15) is 13.2 Å². The molecule has 0 radical (unpaired) electrons. The predicted molar refractivity (Wildman–Crippen MR) is 63.1 cm³/mol. The second kappa shape index (κ2) is 6.41. The first-order valence-electron chi connectivity index (χ1n) is 6.41. The van der Waals surface area contributed by atoms with Crippen LogP contribution in [0.4, 0.5) is 13.2 Å². The van der Waals surface area contributed by atoms with E-state index in [2.05, 4.69) is 5.32 Å². The lowest BCUT2D eigenvalue weighted by atomic mass is 9.97. The predicted octanol–water partition coefficient (Wildman–Crippen LogP) is 2.18. The Morgan fingerprint density at radius 2 is 2.17 bits per heavy atom. The fraction of sp³-hybridized carbons (Fsp3) is 0.917. The van der Waals surface area contributed by atoms with E-state index in [4.69, 9.17) is 0 Å². The van der Waals surface area contributed by atoms with Gasteiger partial charge in [0.05, 0.1) is 12.5 Å². The molecular formula is C12H21F3N2O. The standard InChI is InChI=1S/C12H21F3N2O/c1-3-9(2)16-11(18)8-17-6-4-5-10(7-17)12(13,14)15/h9-10H,3-8H2,1-2H3,(H,16,18). The van der Waals surface area contributed by atoms with Gasteiger partial charge in [-0.25, -0.2) is 0 Å². The van der Waals surface area contributed by atoms with Crippen LogP contribution in [0.2, 0.25) is 0 Å². The van der Waals surface area contributed by atoms with Crippen LogP contribution in [0.5, 0.6) is 0 Å². The average molecular weight is 266 g/mol. The van der Waals surface area contributed by atoms with Crippen molar-refractivity contribution in [3.8, 4) is 0 Å². The first kappa shape index (κ1) is 15.3. The van der Waals surface area contributed by atoms with Crippen molar-refractivity contribution >= 4 is 5.91 Å². The summed E-state index contributed by atoms with van der Waals surface area (Å²) in [6.45, 7) is 4.41. The Kier molecular flexibility index (Phi) is 5.44. The van der Waals surface area contributed by atoms with Crippen LogP contribution in [0.3, 0.4) is 0 Å². The Hall–Kier alpha value is -0.780. The number of carbonyl (C=O) groups is 1. The van der Waals surface area contributed by atoms with Gasteiger partial charge in [0.1, 0.15) is 0 Å². The largest absolute Gasteiger partial charge is 0.393 e. The zero-order valence-corrected chi connectivity index (χ0v) is 10.9. The van der Waals surface area contributed by atoms with Crippen LogP contribution < -0.4 is 5.32 Å². The molecule has 0 spiro atoms. The highest BCUT2D eigenvalue weighted by Crippen LogP contribution is 2.32. The molecule has 6 heteroatoms. The first-order chi connectivity index (χ1) is 8.32. The lowest BCUT2D eigenvalue weighted by Gasteiger charge is -2.33. The Morgan fingerprint density at radius 3 is 2.72 bits per heavy atom. The number of hydrogen-bond acceptors (Lipinski definition) is 2. The molecule has 1 heterocycles. The molecule has 1 rings (SSSR count). The summed E-state index contributed by atoms with van der Waals surface area (Å²) in [4.78, 5) is 13.2. The van der Waals surface area contributed by atoms with Gasteiger partial charge in [0.15, 0.2) is 0 Å². The summed E-state index contributed by atoms with van der Waals surface area (Å²) in [5, 5.41) is 2.77. The van der Waals surface area contributed by atoms with Gasteiger partial charge in [-0.1, -0.05) is 6.92 Å². The van der Waals surface area contributed by atoms with Gasteiger partial charge in [0.25, 0.3) is 0 Å². The van der Waals surface area contributed by atoms with Gasteiger partial charge in [-0.05, 0) is 32.7 Å². The SMILES string of the molecule is CCC(C)NC(=O)CN1CCCC(C(F)(F)F)C1. The van der Waals surface area contributed by atoms with Gasteiger partial charge in [0, 0.05) is 12.6 Å². The number of amides is 1. The number of nitrogens with one attached hydrogen (secondary N) is 1. The van der Waals surface area contributed by atoms with Crippen LogP contribution >= 0.6 is 0 Å². The van der Waals surface area contributed by atoms with Crippen molar-refractivity contribution in [1.82, 2.24) is 10.2 Å². The van der Waals surface area contributed by atoms with E-state index >= 15 is 0 Å². The van der Waals surface area contributed by atoms with Crippen molar-refractivity contribution in [2.45, 2.75) is 45.3 Å². The Labute approximate surface area is 106 Å². The van der Waals surface area contributed by atoms with Crippen molar-refractivity contribution < 1.29 is 18.0 Å². The summed E-state index contributed by atoms with van der Waals surface area (Å²) in [5.74, 6) is -1.48. The normalized spacial score (nSPS) is 23.7. The van der Waals surface area contributed by atoms with Crippen molar-refractivity contribution in [2.75, 3.05) is 19.6 Å². The lowest BCUT2D eigenvalue weighted by molar-refractivity contribution is -0.187. The Morgan fingerprint density at radius 1 is 1.50 bits per heavy atom. The second-order valence-electron chi connectivity index (χ2n) is 4.99. The molecule has 2 unspecified atom stereocenters. The van der Waals surface area contributed by atoms with Gasteiger partial charge in [-0.3, -0.25) is 9.69 Å². The highest BCUT2D eigenvalue weighted by molar-refractivity contribution is 5.78. The van der Waals surface area contributed by atoms with Crippen molar-refractivity contribution in [3.05, 3.63) is 0 Å². The van der Waals surface area contributed by atoms with Gasteiger partial charge in [0.2, 0.25) is 5.91 Å². The number of piperidine rings is 1. The van der Waals surface area contributed by atoms with E-state index in [0.717, 1.165) is 6.42 Å². The molecule has 1 aliphatic rings. The third-order valence-corrected chi connectivity index (χ3v) is 3.36. The summed E-state index contributed by atoms with van der Waals surface area (Å²) in [7, 11) is 0. The van der Waals surface area contributed by atoms with E-state index in [0.29, 0.717) is 13.0 Å². The fourth-order valence-electron chi connectivity index (χ4n) is 2.09. The quantitative estimate of drug-likeness (QED) is 0.846. The summed E-state index contributed by atoms with van der Waals surface area (Å²) < 4.78 is 37.8. The minimum atomic E-state index is -4.15. The van der Waals surface area contributed by atoms with E-state index < -0.39 is 12.1 Å². The molecule has 0 saturated carbocycles. The van der Waals surface area contributed by atoms with E-state index in [9.17, 15) is 18.0 Å². The summed E-state index contributed by atoms with van der Waals surface area (Å²) in [5.41, 5.74) is 0. The monoisotopic (exact) mass is 266 g/mol. The van der Waals surface area contributed by atoms with Crippen LogP contribution in [-0.2, 0) is 4.79 Å². The number of hydrogen-bond donors (Lipinski definition) is 1. The Bertz CT molecular complexity index is 281. The third kappa shape index (κ3) is 4.84. The Balaban J connectivity index is 2.41. The molecule has 0 aromatic carbocycles. The topological polar surface area (TPSA) is 32.3 Å². The average Bonchev–Trinajstić information content (AvgIpc) is 2.27. The maximum atomic E-state index is 12.6. The molecule has 0 aromatic rings. The maximum Gasteiger partial charge on any atom is 0.393 e. The molecule has 0 aliphatic carbocycles. The van der Waals surface area contributed by atoms with Crippen molar-refractivity contribution in [2.24, 2.45) is 5.92 Å². The van der Waals surface area contributed by atoms with Crippen LogP contribution in [0.15, 0.2) is 0 Å². The molecular weight excluding hydrogens is 245 g/mol. The van der Waals surface area contributed by atoms with E-state index in [1.807, 2.05) is 13.8 Å². The smallest absolute Gasteiger partial charge is 0.353 e. The molecule has 2 atom stereocenters. The van der Waals surface area contributed by atoms with Crippen LogP contribution in [0.1, 0.15) is 33.1 Å². The number of likely N-dealkylation sites (tertiary alicyclic amines) is 1. The number of rotatable bonds is 4. The highest BCUT2D eigenvalue weighted by atomic mass is 19.4. The van der Waals surface area contributed by atoms with Crippen molar-refractivity contribution in [3.63, 3.8) is 0 Å². The zero-order valence-electron chi connectivity index (χ0n) is 10.9. The van der Waals surface area contributed by atoms with Gasteiger partial charge < -0.3 is 5.32 Å². The molecule has 0 aromatic heterocycles.